The van der Waals surface area contributed by atoms with Gasteiger partial charge in [0, 0.05) is 46.7 Å². The van der Waals surface area contributed by atoms with Crippen molar-refractivity contribution in [2.75, 3.05) is 32.9 Å². The molecule has 1 aliphatic carbocycles. The predicted molar refractivity (Wildman–Crippen MR) is 181 cm³/mol. The highest BCUT2D eigenvalue weighted by molar-refractivity contribution is 6.13. The highest BCUT2D eigenvalue weighted by Gasteiger charge is 2.23. The number of amides is 1. The molecule has 9 heteroatoms. The van der Waals surface area contributed by atoms with E-state index in [0.717, 1.165) is 71.0 Å². The van der Waals surface area contributed by atoms with Crippen molar-refractivity contribution in [2.24, 2.45) is 5.73 Å². The smallest absolute Gasteiger partial charge is 0.254 e. The van der Waals surface area contributed by atoms with Gasteiger partial charge in [0.05, 0.1) is 22.5 Å². The van der Waals surface area contributed by atoms with Gasteiger partial charge in [-0.2, -0.15) is 0 Å². The summed E-state index contributed by atoms with van der Waals surface area (Å²) in [5, 5.41) is 19.4. The van der Waals surface area contributed by atoms with Crippen LogP contribution in [0.5, 0.6) is 0 Å². The molecule has 44 heavy (non-hydrogen) atoms. The van der Waals surface area contributed by atoms with E-state index in [1.165, 1.54) is 6.07 Å². The number of nitrogens with two attached hydrogens (primary N) is 2. The van der Waals surface area contributed by atoms with Gasteiger partial charge in [0.1, 0.15) is 5.82 Å². The first-order valence-corrected chi connectivity index (χ1v) is 15.0. The quantitative estimate of drug-likeness (QED) is 0.115. The second kappa shape index (κ2) is 15.4. The van der Waals surface area contributed by atoms with Crippen LogP contribution in [-0.4, -0.2) is 54.4 Å². The topological polar surface area (TPSA) is 145 Å². The lowest BCUT2D eigenvalue weighted by Crippen LogP contribution is -2.31. The average Bonchev–Trinajstić information content (AvgIpc) is 3.22. The molecule has 4 rings (SSSR count). The summed E-state index contributed by atoms with van der Waals surface area (Å²) in [4.78, 5) is 19.4. The number of rotatable bonds is 8. The van der Waals surface area contributed by atoms with Crippen molar-refractivity contribution in [3.05, 3.63) is 81.8 Å². The molecular weight excluding hydrogens is 553 g/mol. The monoisotopic (exact) mass is 599 g/mol. The highest BCUT2D eigenvalue weighted by Crippen LogP contribution is 2.38. The van der Waals surface area contributed by atoms with E-state index in [4.69, 9.17) is 27.3 Å². The third-order valence-corrected chi connectivity index (χ3v) is 7.79. The van der Waals surface area contributed by atoms with Crippen LogP contribution in [0.15, 0.2) is 53.8 Å². The Morgan fingerprint density at radius 3 is 2.34 bits per heavy atom. The fraction of sp³-hybridized carbons (Fsp3) is 0.371. The van der Waals surface area contributed by atoms with Gasteiger partial charge in [-0.15, -0.1) is 0 Å². The first kappa shape index (κ1) is 34.1. The van der Waals surface area contributed by atoms with Crippen molar-refractivity contribution >= 4 is 33.9 Å². The van der Waals surface area contributed by atoms with Crippen LogP contribution in [0.3, 0.4) is 0 Å². The van der Waals surface area contributed by atoms with E-state index in [-0.39, 0.29) is 5.56 Å². The number of aryl methyl sites for hydroxylation is 1. The molecule has 1 heterocycles. The lowest BCUT2D eigenvalue weighted by atomic mass is 9.89. The molecule has 1 aliphatic rings. The summed E-state index contributed by atoms with van der Waals surface area (Å²) in [6, 6.07) is 8.41. The molecule has 0 atom stereocenters. The van der Waals surface area contributed by atoms with Crippen LogP contribution in [0.4, 0.5) is 10.1 Å². The van der Waals surface area contributed by atoms with Crippen LogP contribution < -0.4 is 16.8 Å². The molecular formula is C35H46FN7O. The lowest BCUT2D eigenvalue weighted by molar-refractivity contribution is 0.0947. The van der Waals surface area contributed by atoms with E-state index in [2.05, 4.69) is 5.32 Å². The van der Waals surface area contributed by atoms with Gasteiger partial charge in [-0.1, -0.05) is 18.6 Å². The Labute approximate surface area is 260 Å². The SMILES string of the molecule is C/C=C\C(=N)/C(C)=C(/C)N.CC(=N)c1c(N)ccc2nc(-c3ccc(C(=O)NCCN(C)C)c(F)c3)c3c(c12)CCCCC3. The number of nitrogen functional groups attached to an aromatic ring is 1. The highest BCUT2D eigenvalue weighted by atomic mass is 19.1. The molecule has 8 nitrogen and oxygen atoms in total. The molecule has 2 aromatic carbocycles. The van der Waals surface area contributed by atoms with Gasteiger partial charge in [-0.25, -0.2) is 9.37 Å². The van der Waals surface area contributed by atoms with E-state index >= 15 is 4.39 Å². The molecule has 0 fully saturated rings. The minimum atomic E-state index is -0.558. The minimum Gasteiger partial charge on any atom is -0.402 e. The Morgan fingerprint density at radius 1 is 1.07 bits per heavy atom. The summed E-state index contributed by atoms with van der Waals surface area (Å²) in [7, 11) is 3.84. The Hall–Kier alpha value is -4.37. The van der Waals surface area contributed by atoms with Crippen molar-refractivity contribution in [3.63, 3.8) is 0 Å². The number of benzene rings is 2. The zero-order valence-corrected chi connectivity index (χ0v) is 26.8. The first-order chi connectivity index (χ1) is 20.9. The minimum absolute atomic E-state index is 0.0314. The maximum atomic E-state index is 15.1. The number of aromatic nitrogens is 1. The fourth-order valence-electron chi connectivity index (χ4n) is 5.30. The molecule has 1 aromatic heterocycles. The van der Waals surface area contributed by atoms with E-state index in [0.29, 0.717) is 41.5 Å². The molecule has 1 amide bonds. The maximum Gasteiger partial charge on any atom is 0.254 e. The number of anilines is 1. The second-order valence-electron chi connectivity index (χ2n) is 11.5. The number of hydrogen-bond acceptors (Lipinski definition) is 7. The molecule has 3 aromatic rings. The molecule has 0 unspecified atom stereocenters. The summed E-state index contributed by atoms with van der Waals surface area (Å²) in [5.41, 5.74) is 20.0. The zero-order valence-electron chi connectivity index (χ0n) is 26.8. The van der Waals surface area contributed by atoms with Crippen LogP contribution in [0.1, 0.15) is 74.0 Å². The van der Waals surface area contributed by atoms with E-state index in [9.17, 15) is 4.79 Å². The number of likely N-dealkylation sites (N-methyl/N-ethyl adjacent to an activating group) is 1. The molecule has 0 saturated heterocycles. The largest absolute Gasteiger partial charge is 0.402 e. The number of halogens is 1. The van der Waals surface area contributed by atoms with Crippen LogP contribution in [-0.2, 0) is 12.8 Å². The van der Waals surface area contributed by atoms with Crippen LogP contribution in [0, 0.1) is 16.6 Å². The van der Waals surface area contributed by atoms with Crippen molar-refractivity contribution in [1.29, 1.82) is 10.8 Å². The molecule has 0 aliphatic heterocycles. The predicted octanol–water partition coefficient (Wildman–Crippen LogP) is 6.41. The Morgan fingerprint density at radius 2 is 1.75 bits per heavy atom. The van der Waals surface area contributed by atoms with Crippen molar-refractivity contribution in [1.82, 2.24) is 15.2 Å². The molecule has 0 radical (unpaired) electrons. The molecule has 7 N–H and O–H groups in total. The normalized spacial score (nSPS) is 13.5. The van der Waals surface area contributed by atoms with E-state index in [1.54, 1.807) is 38.1 Å². The van der Waals surface area contributed by atoms with Crippen molar-refractivity contribution in [2.45, 2.75) is 59.8 Å². The number of hydrogen-bond donors (Lipinski definition) is 5. The number of nitrogens with one attached hydrogen (secondary N) is 3. The Balaban J connectivity index is 0.000000456. The number of carbonyl (C=O) groups is 1. The fourth-order valence-corrected chi connectivity index (χ4v) is 5.30. The van der Waals surface area contributed by atoms with Crippen molar-refractivity contribution < 1.29 is 9.18 Å². The Bertz CT molecular complexity index is 1620. The number of nitrogens with zero attached hydrogens (tertiary/aromatic N) is 2. The summed E-state index contributed by atoms with van der Waals surface area (Å²) < 4.78 is 15.1. The van der Waals surface area contributed by atoms with E-state index < -0.39 is 11.7 Å². The van der Waals surface area contributed by atoms with Gasteiger partial charge < -0.3 is 32.5 Å². The maximum absolute atomic E-state index is 15.1. The van der Waals surface area contributed by atoms with Gasteiger partial charge in [0.25, 0.3) is 5.91 Å². The number of carbonyl (C=O) groups excluding carboxylic acids is 1. The summed E-state index contributed by atoms with van der Waals surface area (Å²) in [6.45, 7) is 8.41. The summed E-state index contributed by atoms with van der Waals surface area (Å²) in [5.74, 6) is -0.977. The van der Waals surface area contributed by atoms with Gasteiger partial charge >= 0.3 is 0 Å². The Kier molecular flexibility index (Phi) is 11.9. The molecule has 0 spiro atoms. The van der Waals surface area contributed by atoms with Gasteiger partial charge in [0.15, 0.2) is 0 Å². The lowest BCUT2D eigenvalue weighted by Gasteiger charge is -2.19. The molecule has 0 bridgehead atoms. The van der Waals surface area contributed by atoms with Crippen LogP contribution in [0.2, 0.25) is 0 Å². The number of pyridine rings is 1. The third-order valence-electron chi connectivity index (χ3n) is 7.79. The molecule has 0 saturated carbocycles. The molecule has 234 valence electrons. The van der Waals surface area contributed by atoms with Gasteiger partial charge in [0.2, 0.25) is 0 Å². The standard InChI is InChI=1S/C27H32FN5O.C8H14N2/c1-16(29)24-22(30)11-12-23-25(24)18-7-5-4-6-8-19(18)26(32-23)17-9-10-20(21(28)15-17)27(34)31-13-14-33(2)3;1-4-5-8(10)6(2)7(3)9/h9-12,15,29H,4-8,13-14,30H2,1-3H3,(H,31,34);4-5,10H,9H2,1-3H3/b;5-4-,7-6-,10-8?. The van der Waals surface area contributed by atoms with Gasteiger partial charge in [-0.05, 0) is 115 Å². The average molecular weight is 600 g/mol. The van der Waals surface area contributed by atoms with Crippen LogP contribution >= 0.6 is 0 Å². The number of fused-ring (bicyclic) bond motifs is 3. The van der Waals surface area contributed by atoms with E-state index in [1.807, 2.05) is 45.0 Å². The van der Waals surface area contributed by atoms with Crippen molar-refractivity contribution in [3.8, 4) is 11.3 Å². The second-order valence-corrected chi connectivity index (χ2v) is 11.5. The number of allylic oxidation sites excluding steroid dienone is 4. The van der Waals surface area contributed by atoms with Gasteiger partial charge in [-0.3, -0.25) is 4.79 Å². The first-order valence-electron chi connectivity index (χ1n) is 15.0. The summed E-state index contributed by atoms with van der Waals surface area (Å²) >= 11 is 0. The zero-order chi connectivity index (χ0) is 32.6. The summed E-state index contributed by atoms with van der Waals surface area (Å²) in [6.07, 6.45) is 8.46. The third kappa shape index (κ3) is 8.17. The van der Waals surface area contributed by atoms with Crippen LogP contribution in [0.25, 0.3) is 22.2 Å².